The molecule has 0 spiro atoms. The molecule has 0 aliphatic carbocycles. The number of nitrogens with two attached hydrogens (primary N) is 1. The summed E-state index contributed by atoms with van der Waals surface area (Å²) in [5.41, 5.74) is 7.05. The van der Waals surface area contributed by atoms with Gasteiger partial charge in [-0.2, -0.15) is 0 Å². The van der Waals surface area contributed by atoms with Gasteiger partial charge in [0.1, 0.15) is 0 Å². The maximum atomic E-state index is 8.60. The molecule has 0 heterocycles. The van der Waals surface area contributed by atoms with E-state index < -0.39 is 0 Å². The van der Waals surface area contributed by atoms with Gasteiger partial charge in [0, 0.05) is 24.8 Å². The Morgan fingerprint density at radius 2 is 2.18 bits per heavy atom. The smallest absolute Gasteiger partial charge is 0.171 e. The third kappa shape index (κ3) is 3.53. The number of anilines is 1. The number of hydrogen-bond donors (Lipinski definition) is 2. The van der Waals surface area contributed by atoms with Crippen LogP contribution in [0.3, 0.4) is 0 Å². The second-order valence-electron chi connectivity index (χ2n) is 4.42. The first-order valence-corrected chi connectivity index (χ1v) is 5.82. The molecular weight excluding hydrogens is 238 g/mol. The first-order valence-electron chi connectivity index (χ1n) is 5.44. The highest BCUT2D eigenvalue weighted by Crippen LogP contribution is 2.23. The van der Waals surface area contributed by atoms with Gasteiger partial charge >= 0.3 is 0 Å². The van der Waals surface area contributed by atoms with Crippen molar-refractivity contribution in [1.29, 1.82) is 0 Å². The van der Waals surface area contributed by atoms with Gasteiger partial charge in [-0.1, -0.05) is 30.6 Å². The summed E-state index contributed by atoms with van der Waals surface area (Å²) < 4.78 is 0. The molecule has 0 aliphatic rings. The average molecular weight is 256 g/mol. The molecule has 4 nitrogen and oxygen atoms in total. The molecule has 0 aliphatic heterocycles. The summed E-state index contributed by atoms with van der Waals surface area (Å²) in [5, 5.41) is 12.0. The molecule has 0 fully saturated rings. The Kier molecular flexibility index (Phi) is 4.63. The number of amidine groups is 1. The fourth-order valence-corrected chi connectivity index (χ4v) is 1.93. The highest BCUT2D eigenvalue weighted by atomic mass is 35.5. The van der Waals surface area contributed by atoms with Crippen molar-refractivity contribution in [3.8, 4) is 0 Å². The fraction of sp³-hybridized carbons (Fsp3) is 0.417. The molecule has 0 saturated heterocycles. The van der Waals surface area contributed by atoms with Crippen molar-refractivity contribution in [1.82, 2.24) is 0 Å². The Morgan fingerprint density at radius 1 is 1.53 bits per heavy atom. The van der Waals surface area contributed by atoms with Crippen LogP contribution in [0.5, 0.6) is 0 Å². The third-order valence-corrected chi connectivity index (χ3v) is 2.73. The second-order valence-corrected chi connectivity index (χ2v) is 4.83. The van der Waals surface area contributed by atoms with Crippen molar-refractivity contribution in [3.63, 3.8) is 0 Å². The van der Waals surface area contributed by atoms with Crippen molar-refractivity contribution < 1.29 is 5.21 Å². The van der Waals surface area contributed by atoms with Gasteiger partial charge in [0.25, 0.3) is 0 Å². The molecule has 0 amide bonds. The molecule has 1 aromatic carbocycles. The molecule has 5 heteroatoms. The molecule has 0 bridgehead atoms. The molecule has 0 unspecified atom stereocenters. The third-order valence-electron chi connectivity index (χ3n) is 2.42. The minimum absolute atomic E-state index is 0.0214. The number of benzene rings is 1. The molecule has 1 aromatic rings. The molecule has 0 aromatic heterocycles. The van der Waals surface area contributed by atoms with Gasteiger partial charge in [0.2, 0.25) is 0 Å². The van der Waals surface area contributed by atoms with Crippen molar-refractivity contribution in [2.75, 3.05) is 18.5 Å². The van der Waals surface area contributed by atoms with E-state index in [4.69, 9.17) is 22.5 Å². The molecule has 1 rings (SSSR count). The lowest BCUT2D eigenvalue weighted by molar-refractivity contribution is 0.318. The zero-order chi connectivity index (χ0) is 13.0. The lowest BCUT2D eigenvalue weighted by Gasteiger charge is -2.22. The van der Waals surface area contributed by atoms with Crippen LogP contribution in [0.4, 0.5) is 5.69 Å². The van der Waals surface area contributed by atoms with Crippen LogP contribution in [0.2, 0.25) is 5.02 Å². The second kappa shape index (κ2) is 5.77. The van der Waals surface area contributed by atoms with E-state index in [2.05, 4.69) is 23.9 Å². The Hall–Kier alpha value is -1.42. The molecule has 3 N–H and O–H groups in total. The van der Waals surface area contributed by atoms with E-state index in [0.29, 0.717) is 16.5 Å². The highest BCUT2D eigenvalue weighted by Gasteiger charge is 2.09. The molecule has 17 heavy (non-hydrogen) atoms. The van der Waals surface area contributed by atoms with Crippen LogP contribution in [0, 0.1) is 5.92 Å². The minimum atomic E-state index is 0.0214. The summed E-state index contributed by atoms with van der Waals surface area (Å²) in [6.07, 6.45) is 0. The average Bonchev–Trinajstić information content (AvgIpc) is 2.27. The lowest BCUT2D eigenvalue weighted by atomic mass is 10.1. The van der Waals surface area contributed by atoms with Gasteiger partial charge < -0.3 is 15.8 Å². The highest BCUT2D eigenvalue weighted by molar-refractivity contribution is 6.34. The summed E-state index contributed by atoms with van der Waals surface area (Å²) in [6.45, 7) is 5.25. The number of hydrogen-bond acceptors (Lipinski definition) is 3. The Morgan fingerprint density at radius 3 is 2.65 bits per heavy atom. The van der Waals surface area contributed by atoms with Crippen molar-refractivity contribution in [2.45, 2.75) is 13.8 Å². The number of rotatable bonds is 4. The van der Waals surface area contributed by atoms with Gasteiger partial charge in [0.05, 0.1) is 5.02 Å². The van der Waals surface area contributed by atoms with Crippen LogP contribution in [0.15, 0.2) is 23.4 Å². The predicted molar refractivity (Wildman–Crippen MR) is 72.1 cm³/mol. The van der Waals surface area contributed by atoms with E-state index in [1.54, 1.807) is 6.07 Å². The molecule has 0 atom stereocenters. The Bertz CT molecular complexity index is 418. The van der Waals surface area contributed by atoms with Crippen molar-refractivity contribution >= 4 is 23.1 Å². The summed E-state index contributed by atoms with van der Waals surface area (Å²) in [6, 6.07) is 5.47. The van der Waals surface area contributed by atoms with E-state index in [0.717, 1.165) is 12.2 Å². The molecular formula is C12H18ClN3O. The van der Waals surface area contributed by atoms with Crippen LogP contribution in [0.1, 0.15) is 19.4 Å². The summed E-state index contributed by atoms with van der Waals surface area (Å²) in [4.78, 5) is 2.12. The van der Waals surface area contributed by atoms with Gasteiger partial charge in [-0.05, 0) is 24.1 Å². The largest absolute Gasteiger partial charge is 0.409 e. The van der Waals surface area contributed by atoms with E-state index in [1.807, 2.05) is 19.2 Å². The van der Waals surface area contributed by atoms with Gasteiger partial charge in [-0.3, -0.25) is 0 Å². The quantitative estimate of drug-likeness (QED) is 0.376. The van der Waals surface area contributed by atoms with Crippen molar-refractivity contribution in [3.05, 3.63) is 28.8 Å². The van der Waals surface area contributed by atoms with Crippen LogP contribution < -0.4 is 10.6 Å². The van der Waals surface area contributed by atoms with E-state index in [1.165, 1.54) is 0 Å². The van der Waals surface area contributed by atoms with Gasteiger partial charge in [-0.15, -0.1) is 0 Å². The lowest BCUT2D eigenvalue weighted by Crippen LogP contribution is -2.22. The van der Waals surface area contributed by atoms with E-state index >= 15 is 0 Å². The molecule has 94 valence electrons. The minimum Gasteiger partial charge on any atom is -0.409 e. The zero-order valence-electron chi connectivity index (χ0n) is 10.3. The van der Waals surface area contributed by atoms with Crippen LogP contribution >= 0.6 is 11.6 Å². The van der Waals surface area contributed by atoms with Crippen LogP contribution in [0.25, 0.3) is 0 Å². The maximum absolute atomic E-state index is 8.60. The first kappa shape index (κ1) is 13.6. The van der Waals surface area contributed by atoms with Gasteiger partial charge in [-0.25, -0.2) is 0 Å². The summed E-state index contributed by atoms with van der Waals surface area (Å²) in [5.74, 6) is 0.593. The maximum Gasteiger partial charge on any atom is 0.171 e. The van der Waals surface area contributed by atoms with Crippen LogP contribution in [-0.4, -0.2) is 24.6 Å². The summed E-state index contributed by atoms with van der Waals surface area (Å²) in [7, 11) is 2.01. The number of halogens is 1. The van der Waals surface area contributed by atoms with E-state index in [9.17, 15) is 0 Å². The SMILES string of the molecule is CC(C)CN(C)c1ccc(/C(N)=N/O)c(Cl)c1. The normalized spacial score (nSPS) is 11.9. The Labute approximate surface area is 107 Å². The summed E-state index contributed by atoms with van der Waals surface area (Å²) >= 11 is 6.09. The fourth-order valence-electron chi connectivity index (χ4n) is 1.66. The number of oxime groups is 1. The molecule has 0 saturated carbocycles. The molecule has 0 radical (unpaired) electrons. The monoisotopic (exact) mass is 255 g/mol. The number of nitrogens with zero attached hydrogens (tertiary/aromatic N) is 2. The predicted octanol–water partition coefficient (Wildman–Crippen LogP) is 2.53. The Balaban J connectivity index is 2.96. The van der Waals surface area contributed by atoms with Crippen molar-refractivity contribution in [2.24, 2.45) is 16.8 Å². The standard InChI is InChI=1S/C12H18ClN3O/c1-8(2)7-16(3)9-4-5-10(11(13)6-9)12(14)15-17/h4-6,8,17H,7H2,1-3H3,(H2,14,15). The van der Waals surface area contributed by atoms with Crippen LogP contribution in [-0.2, 0) is 0 Å². The van der Waals surface area contributed by atoms with E-state index in [-0.39, 0.29) is 5.84 Å². The first-order chi connectivity index (χ1) is 7.95. The van der Waals surface area contributed by atoms with Gasteiger partial charge in [0.15, 0.2) is 5.84 Å². The topological polar surface area (TPSA) is 61.8 Å². The zero-order valence-corrected chi connectivity index (χ0v) is 11.1.